The Morgan fingerprint density at radius 1 is 0.885 bits per heavy atom. The fourth-order valence-corrected chi connectivity index (χ4v) is 9.55. The van der Waals surface area contributed by atoms with E-state index >= 15 is 4.39 Å². The lowest BCUT2D eigenvalue weighted by Crippen LogP contribution is -2.47. The predicted octanol–water partition coefficient (Wildman–Crippen LogP) is 4.74. The SMILES string of the molecule is O=C1CCC(n2c(=O)oc3cc(N4CCN(CCC5CCN(C(=O)C6CCCC(Nc7ncc(F)c(-c8cccc(-n9ccccc9=O)c8)n7)C6)CC5)CC4)ccc32)C(=O)N1. The van der Waals surface area contributed by atoms with Crippen LogP contribution in [-0.4, -0.2) is 98.5 Å². The highest BCUT2D eigenvalue weighted by Gasteiger charge is 2.34. The van der Waals surface area contributed by atoms with E-state index in [-0.39, 0.29) is 47.9 Å². The van der Waals surface area contributed by atoms with Crippen LogP contribution in [0, 0.1) is 17.7 Å². The van der Waals surface area contributed by atoms with Gasteiger partial charge in [0.1, 0.15) is 11.7 Å². The van der Waals surface area contributed by atoms with Crippen LogP contribution in [-0.2, 0) is 14.4 Å². The number of nitrogens with zero attached hydrogens (tertiary/aromatic N) is 7. The lowest BCUT2D eigenvalue weighted by Gasteiger charge is -2.38. The highest BCUT2D eigenvalue weighted by Crippen LogP contribution is 2.32. The number of hydrogen-bond acceptors (Lipinski definition) is 11. The van der Waals surface area contributed by atoms with Crippen LogP contribution in [0.15, 0.2) is 87.1 Å². The molecule has 3 atom stereocenters. The molecule has 4 aliphatic rings. The number of anilines is 2. The summed E-state index contributed by atoms with van der Waals surface area (Å²) in [6, 6.07) is 16.8. The molecule has 0 radical (unpaired) electrons. The third kappa shape index (κ3) is 8.72. The summed E-state index contributed by atoms with van der Waals surface area (Å²) in [4.78, 5) is 78.6. The van der Waals surface area contributed by atoms with Gasteiger partial charge in [0.05, 0.1) is 11.7 Å². The second kappa shape index (κ2) is 17.4. The Morgan fingerprint density at radius 2 is 1.72 bits per heavy atom. The normalized spacial score (nSPS) is 21.8. The zero-order chi connectivity index (χ0) is 42.0. The molecule has 15 nitrogen and oxygen atoms in total. The highest BCUT2D eigenvalue weighted by atomic mass is 19.1. The smallest absolute Gasteiger partial charge is 0.408 e. The maximum Gasteiger partial charge on any atom is 0.420 e. The van der Waals surface area contributed by atoms with Crippen LogP contribution in [0.4, 0.5) is 16.0 Å². The summed E-state index contributed by atoms with van der Waals surface area (Å²) in [7, 11) is 0. The minimum atomic E-state index is -0.768. The molecule has 3 amide bonds. The predicted molar refractivity (Wildman–Crippen MR) is 227 cm³/mol. The molecule has 2 N–H and O–H groups in total. The number of fused-ring (bicyclic) bond motifs is 1. The van der Waals surface area contributed by atoms with Crippen molar-refractivity contribution in [1.82, 2.24) is 34.2 Å². The minimum Gasteiger partial charge on any atom is -0.408 e. The molecule has 3 aliphatic heterocycles. The molecule has 0 spiro atoms. The van der Waals surface area contributed by atoms with Crippen LogP contribution in [0.5, 0.6) is 0 Å². The van der Waals surface area contributed by atoms with Gasteiger partial charge in [0.15, 0.2) is 11.4 Å². The van der Waals surface area contributed by atoms with Gasteiger partial charge in [0.2, 0.25) is 23.7 Å². The lowest BCUT2D eigenvalue weighted by molar-refractivity contribution is -0.138. The number of pyridine rings is 1. The number of oxazole rings is 1. The number of halogens is 1. The van der Waals surface area contributed by atoms with E-state index in [4.69, 9.17) is 4.42 Å². The van der Waals surface area contributed by atoms with E-state index in [1.165, 1.54) is 21.4 Å². The first kappa shape index (κ1) is 40.3. The Hall–Kier alpha value is -6.16. The van der Waals surface area contributed by atoms with E-state index in [0.29, 0.717) is 40.6 Å². The fraction of sp³-hybridized carbons (Fsp3) is 0.444. The second-order valence-corrected chi connectivity index (χ2v) is 16.8. The van der Waals surface area contributed by atoms with Gasteiger partial charge in [-0.25, -0.2) is 19.2 Å². The molecule has 3 aromatic heterocycles. The molecule has 1 aliphatic carbocycles. The Kier molecular flexibility index (Phi) is 11.5. The van der Waals surface area contributed by atoms with Crippen LogP contribution < -0.4 is 26.8 Å². The molecule has 2 aromatic carbocycles. The van der Waals surface area contributed by atoms with Crippen molar-refractivity contribution in [3.05, 3.63) is 99.8 Å². The molecule has 3 saturated heterocycles. The zero-order valence-electron chi connectivity index (χ0n) is 34.0. The average molecular weight is 832 g/mol. The number of imide groups is 1. The molecule has 3 unspecified atom stereocenters. The summed E-state index contributed by atoms with van der Waals surface area (Å²) in [5.74, 6) is -0.949. The molecular formula is C45H50FN9O6. The Balaban J connectivity index is 0.728. The molecule has 61 heavy (non-hydrogen) atoms. The lowest BCUT2D eigenvalue weighted by atomic mass is 9.84. The van der Waals surface area contributed by atoms with Crippen molar-refractivity contribution in [3.8, 4) is 16.9 Å². The maximum absolute atomic E-state index is 15.1. The average Bonchev–Trinajstić information content (AvgIpc) is 3.61. The van der Waals surface area contributed by atoms with Gasteiger partial charge in [-0.3, -0.25) is 38.5 Å². The summed E-state index contributed by atoms with van der Waals surface area (Å²) in [5.41, 5.74) is 3.04. The number of carbonyl (C=O) groups excluding carboxylic acids is 3. The van der Waals surface area contributed by atoms with Crippen LogP contribution >= 0.6 is 0 Å². The summed E-state index contributed by atoms with van der Waals surface area (Å²) >= 11 is 0. The topological polar surface area (TPSA) is 168 Å². The van der Waals surface area contributed by atoms with Crippen molar-refractivity contribution in [2.75, 3.05) is 56.0 Å². The quantitative estimate of drug-likeness (QED) is 0.187. The van der Waals surface area contributed by atoms with E-state index in [2.05, 4.69) is 35.3 Å². The number of benzene rings is 2. The third-order valence-electron chi connectivity index (χ3n) is 13.0. The maximum atomic E-state index is 15.1. The van der Waals surface area contributed by atoms with Crippen LogP contribution in [0.25, 0.3) is 28.0 Å². The molecule has 318 valence electrons. The third-order valence-corrected chi connectivity index (χ3v) is 13.0. The summed E-state index contributed by atoms with van der Waals surface area (Å²) < 4.78 is 23.5. The number of carbonyl (C=O) groups is 3. The van der Waals surface area contributed by atoms with Gasteiger partial charge < -0.3 is 19.5 Å². The number of nitrogens with one attached hydrogen (secondary N) is 2. The summed E-state index contributed by atoms with van der Waals surface area (Å²) in [6.07, 6.45) is 9.66. The monoisotopic (exact) mass is 831 g/mol. The number of piperidine rings is 2. The first-order valence-electron chi connectivity index (χ1n) is 21.5. The molecule has 1 saturated carbocycles. The first-order chi connectivity index (χ1) is 29.7. The van der Waals surface area contributed by atoms with Gasteiger partial charge >= 0.3 is 5.76 Å². The molecule has 6 heterocycles. The van der Waals surface area contributed by atoms with Crippen LogP contribution in [0.1, 0.15) is 63.8 Å². The number of likely N-dealkylation sites (tertiary alicyclic amines) is 1. The second-order valence-electron chi connectivity index (χ2n) is 16.8. The zero-order valence-corrected chi connectivity index (χ0v) is 34.0. The van der Waals surface area contributed by atoms with Crippen molar-refractivity contribution in [2.45, 2.75) is 69.9 Å². The van der Waals surface area contributed by atoms with Crippen molar-refractivity contribution < 1.29 is 23.2 Å². The molecule has 0 bridgehead atoms. The van der Waals surface area contributed by atoms with Gasteiger partial charge in [-0.05, 0) is 87.7 Å². The Labute approximate surface area is 351 Å². The molecule has 4 fully saturated rings. The van der Waals surface area contributed by atoms with E-state index in [1.54, 1.807) is 42.6 Å². The molecule has 9 rings (SSSR count). The van der Waals surface area contributed by atoms with E-state index < -0.39 is 23.5 Å². The standard InChI is InChI=1S/C45H50FN9O6/c46-35-28-47-44(50-41(35)30-5-4-8-34(26-30)54-17-2-1-9-40(54)57)48-32-7-3-6-31(25-32)43(59)53-19-15-29(16-20-53)14-18-51-21-23-52(24-22-51)33-10-11-36-38(27-33)61-45(60)55(36)37-12-13-39(56)49-42(37)58/h1-2,4-5,8-11,17,26-29,31-32,37H,3,6-7,12-16,18-25H2,(H,47,48,50)(H,49,56,58). The highest BCUT2D eigenvalue weighted by molar-refractivity contribution is 6.00. The fourth-order valence-electron chi connectivity index (χ4n) is 9.55. The number of amides is 3. The van der Waals surface area contributed by atoms with Crippen molar-refractivity contribution in [3.63, 3.8) is 0 Å². The van der Waals surface area contributed by atoms with Crippen molar-refractivity contribution in [1.29, 1.82) is 0 Å². The summed E-state index contributed by atoms with van der Waals surface area (Å²) in [5, 5.41) is 5.71. The number of aromatic nitrogens is 4. The number of piperazine rings is 1. The largest absolute Gasteiger partial charge is 0.420 e. The molecule has 16 heteroatoms. The summed E-state index contributed by atoms with van der Waals surface area (Å²) in [6.45, 7) is 6.07. The van der Waals surface area contributed by atoms with Crippen LogP contribution in [0.3, 0.4) is 0 Å². The first-order valence-corrected chi connectivity index (χ1v) is 21.5. The van der Waals surface area contributed by atoms with E-state index in [0.717, 1.165) is 90.0 Å². The van der Waals surface area contributed by atoms with Crippen molar-refractivity contribution in [2.24, 2.45) is 11.8 Å². The Morgan fingerprint density at radius 3 is 2.52 bits per heavy atom. The van der Waals surface area contributed by atoms with Gasteiger partial charge in [0, 0.05) is 92.9 Å². The molecular weight excluding hydrogens is 782 g/mol. The van der Waals surface area contributed by atoms with Gasteiger partial charge in [-0.15, -0.1) is 0 Å². The van der Waals surface area contributed by atoms with E-state index in [1.807, 2.05) is 18.2 Å². The minimum absolute atomic E-state index is 0.0103. The molecule has 5 aromatic rings. The van der Waals surface area contributed by atoms with Gasteiger partial charge in [-0.1, -0.05) is 24.6 Å². The van der Waals surface area contributed by atoms with Crippen LogP contribution in [0.2, 0.25) is 0 Å². The van der Waals surface area contributed by atoms with Gasteiger partial charge in [0.25, 0.3) is 5.56 Å². The number of hydrogen-bond donors (Lipinski definition) is 2. The van der Waals surface area contributed by atoms with Crippen molar-refractivity contribution >= 4 is 40.5 Å². The Bertz CT molecular complexity index is 2560. The number of rotatable bonds is 10. The van der Waals surface area contributed by atoms with Gasteiger partial charge in [-0.2, -0.15) is 0 Å². The van der Waals surface area contributed by atoms with E-state index in [9.17, 15) is 24.0 Å².